The van der Waals surface area contributed by atoms with E-state index < -0.39 is 5.82 Å². The summed E-state index contributed by atoms with van der Waals surface area (Å²) in [7, 11) is 5.65. The molecule has 0 aliphatic carbocycles. The molecule has 0 bridgehead atoms. The number of hydrogen-bond donors (Lipinski definition) is 4. The van der Waals surface area contributed by atoms with Gasteiger partial charge in [-0.15, -0.1) is 0 Å². The van der Waals surface area contributed by atoms with Crippen molar-refractivity contribution in [2.75, 3.05) is 38.3 Å². The van der Waals surface area contributed by atoms with Crippen LogP contribution in [0.4, 0.5) is 16.0 Å². The molecule has 4 N–H and O–H groups in total. The molecule has 0 saturated heterocycles. The number of nitrogens with one attached hydrogen (secondary N) is 4. The van der Waals surface area contributed by atoms with Crippen molar-refractivity contribution in [2.24, 2.45) is 0 Å². The molecule has 1 aromatic heterocycles. The van der Waals surface area contributed by atoms with E-state index in [9.17, 15) is 4.39 Å². The number of nitrogens with zero attached hydrogens (tertiary/aromatic N) is 3. The lowest BCUT2D eigenvalue weighted by molar-refractivity contribution is 0.456. The van der Waals surface area contributed by atoms with Gasteiger partial charge in [-0.2, -0.15) is 0 Å². The largest absolute Gasteiger partial charge is 0.392 e. The fourth-order valence-corrected chi connectivity index (χ4v) is 2.62. The van der Waals surface area contributed by atoms with Crippen molar-refractivity contribution in [3.8, 4) is 11.3 Å². The lowest BCUT2D eigenvalue weighted by Gasteiger charge is -2.12. The van der Waals surface area contributed by atoms with Crippen molar-refractivity contribution < 1.29 is 4.39 Å². The number of allylic oxidation sites excluding steroid dienone is 2. The van der Waals surface area contributed by atoms with Crippen LogP contribution in [0.15, 0.2) is 60.7 Å². The Balaban J connectivity index is 2.30. The molecule has 30 heavy (non-hydrogen) atoms. The van der Waals surface area contributed by atoms with Crippen molar-refractivity contribution in [3.63, 3.8) is 0 Å². The van der Waals surface area contributed by atoms with E-state index in [1.54, 1.807) is 25.4 Å². The Hall–Kier alpha value is -3.23. The highest BCUT2D eigenvalue weighted by atomic mass is 35.5. The van der Waals surface area contributed by atoms with Gasteiger partial charge in [0.05, 0.1) is 22.6 Å². The minimum atomic E-state index is -0.473. The van der Waals surface area contributed by atoms with Crippen molar-refractivity contribution in [1.29, 1.82) is 5.41 Å². The lowest BCUT2D eigenvalue weighted by atomic mass is 10.1. The average Bonchev–Trinajstić information content (AvgIpc) is 2.70. The molecular formula is C21H25ClFN7. The smallest absolute Gasteiger partial charge is 0.227 e. The summed E-state index contributed by atoms with van der Waals surface area (Å²) in [5, 5.41) is 16.4. The first kappa shape index (κ1) is 23.1. The van der Waals surface area contributed by atoms with Gasteiger partial charge in [-0.3, -0.25) is 0 Å². The molecule has 0 amide bonds. The number of benzene rings is 1. The third-order valence-corrected chi connectivity index (χ3v) is 4.05. The van der Waals surface area contributed by atoms with E-state index >= 15 is 0 Å². The molecular weight excluding hydrogens is 405 g/mol. The highest BCUT2D eigenvalue weighted by Crippen LogP contribution is 2.31. The molecule has 0 unspecified atom stereocenters. The van der Waals surface area contributed by atoms with Crippen molar-refractivity contribution in [3.05, 3.63) is 71.6 Å². The minimum Gasteiger partial charge on any atom is -0.392 e. The molecule has 9 heteroatoms. The van der Waals surface area contributed by atoms with E-state index in [1.165, 1.54) is 12.3 Å². The van der Waals surface area contributed by atoms with Gasteiger partial charge in [-0.25, -0.2) is 14.4 Å². The molecule has 0 aliphatic rings. The van der Waals surface area contributed by atoms with Crippen LogP contribution in [-0.4, -0.2) is 48.8 Å². The van der Waals surface area contributed by atoms with Gasteiger partial charge in [0.15, 0.2) is 0 Å². The average molecular weight is 430 g/mol. The van der Waals surface area contributed by atoms with Gasteiger partial charge in [0.2, 0.25) is 5.95 Å². The summed E-state index contributed by atoms with van der Waals surface area (Å²) < 4.78 is 14.6. The van der Waals surface area contributed by atoms with Crippen LogP contribution in [0.5, 0.6) is 0 Å². The highest BCUT2D eigenvalue weighted by Gasteiger charge is 2.14. The molecule has 0 aliphatic heterocycles. The molecule has 0 fully saturated rings. The minimum absolute atomic E-state index is 0.188. The van der Waals surface area contributed by atoms with Crippen molar-refractivity contribution >= 4 is 29.5 Å². The van der Waals surface area contributed by atoms with E-state index in [0.29, 0.717) is 17.1 Å². The van der Waals surface area contributed by atoms with E-state index in [1.807, 2.05) is 31.1 Å². The first-order chi connectivity index (χ1) is 14.3. The fourth-order valence-electron chi connectivity index (χ4n) is 2.43. The number of aromatic nitrogens is 2. The molecule has 158 valence electrons. The third-order valence-electron chi connectivity index (χ3n) is 3.77. The van der Waals surface area contributed by atoms with Gasteiger partial charge in [-0.05, 0) is 38.4 Å². The van der Waals surface area contributed by atoms with Crippen LogP contribution in [-0.2, 0) is 0 Å². The quantitative estimate of drug-likeness (QED) is 0.336. The molecule has 1 aromatic carbocycles. The van der Waals surface area contributed by atoms with Crippen LogP contribution < -0.4 is 16.0 Å². The van der Waals surface area contributed by atoms with Crippen LogP contribution >= 0.6 is 11.6 Å². The van der Waals surface area contributed by atoms with Gasteiger partial charge in [-0.1, -0.05) is 24.3 Å². The summed E-state index contributed by atoms with van der Waals surface area (Å²) in [4.78, 5) is 10.4. The number of hydrogen-bond acceptors (Lipinski definition) is 7. The van der Waals surface area contributed by atoms with E-state index in [4.69, 9.17) is 17.0 Å². The number of likely N-dealkylation sites (N-methyl/N-ethyl adjacent to an activating group) is 1. The first-order valence-electron chi connectivity index (χ1n) is 9.08. The predicted molar refractivity (Wildman–Crippen MR) is 122 cm³/mol. The maximum Gasteiger partial charge on any atom is 0.227 e. The summed E-state index contributed by atoms with van der Waals surface area (Å²) in [5.74, 6) is -0.285. The van der Waals surface area contributed by atoms with Gasteiger partial charge < -0.3 is 26.3 Å². The summed E-state index contributed by atoms with van der Waals surface area (Å²) in [6, 6.07) is 4.56. The van der Waals surface area contributed by atoms with Crippen LogP contribution in [0.3, 0.4) is 0 Å². The Bertz CT molecular complexity index is 970. The summed E-state index contributed by atoms with van der Waals surface area (Å²) in [6.45, 7) is 4.74. The lowest BCUT2D eigenvalue weighted by Crippen LogP contribution is -2.10. The molecule has 0 radical (unpaired) electrons. The standard InChI is InChI=1S/C21H25ClFN7/c1-14(6-5-9-30(3)4)27-15-7-8-19(23)17(10-15)20-18(22)13-26-21(29-20)28-16(11-24)12-25-2/h5-8,10-13,24-25,27H,1,9H2,2-4H3,(H,26,28,29)/b6-5+,16-12+,24-11?. The topological polar surface area (TPSA) is 89.0 Å². The molecule has 7 nitrogen and oxygen atoms in total. The second kappa shape index (κ2) is 11.1. The third kappa shape index (κ3) is 6.68. The molecule has 0 atom stereocenters. The molecule has 0 spiro atoms. The van der Waals surface area contributed by atoms with Gasteiger partial charge in [0, 0.05) is 43.0 Å². The zero-order chi connectivity index (χ0) is 22.1. The van der Waals surface area contributed by atoms with E-state index in [0.717, 1.165) is 12.8 Å². The molecule has 1 heterocycles. The maximum atomic E-state index is 14.6. The van der Waals surface area contributed by atoms with Gasteiger partial charge in [0.1, 0.15) is 5.82 Å². The Labute approximate surface area is 180 Å². The van der Waals surface area contributed by atoms with Crippen molar-refractivity contribution in [2.45, 2.75) is 0 Å². The maximum absolute atomic E-state index is 14.6. The molecule has 2 rings (SSSR count). The SMILES string of the molecule is C=C(/C=C/CN(C)C)Nc1ccc(F)c(-c2nc(N/C(C=N)=C/NC)ncc2Cl)c1. The van der Waals surface area contributed by atoms with Crippen LogP contribution in [0.2, 0.25) is 5.02 Å². The second-order valence-corrected chi connectivity index (χ2v) is 6.96. The van der Waals surface area contributed by atoms with Gasteiger partial charge in [0.25, 0.3) is 0 Å². The zero-order valence-corrected chi connectivity index (χ0v) is 17.9. The normalized spacial score (nSPS) is 11.6. The Morgan fingerprint density at radius 2 is 2.10 bits per heavy atom. The number of halogens is 2. The number of anilines is 2. The molecule has 2 aromatic rings. The summed E-state index contributed by atoms with van der Waals surface area (Å²) in [6.07, 6.45) is 7.89. The van der Waals surface area contributed by atoms with Crippen LogP contribution in [0.1, 0.15) is 0 Å². The zero-order valence-electron chi connectivity index (χ0n) is 17.1. The second-order valence-electron chi connectivity index (χ2n) is 6.56. The fraction of sp³-hybridized carbons (Fsp3) is 0.190. The van der Waals surface area contributed by atoms with E-state index in [-0.39, 0.29) is 22.2 Å². The van der Waals surface area contributed by atoms with Gasteiger partial charge >= 0.3 is 0 Å². The summed E-state index contributed by atoms with van der Waals surface area (Å²) in [5.41, 5.74) is 2.19. The predicted octanol–water partition coefficient (Wildman–Crippen LogP) is 4.10. The monoisotopic (exact) mass is 429 g/mol. The van der Waals surface area contributed by atoms with Crippen LogP contribution in [0, 0.1) is 11.2 Å². The molecule has 0 saturated carbocycles. The van der Waals surface area contributed by atoms with E-state index in [2.05, 4.69) is 32.5 Å². The van der Waals surface area contributed by atoms with Crippen LogP contribution in [0.25, 0.3) is 11.3 Å². The Morgan fingerprint density at radius 3 is 2.77 bits per heavy atom. The van der Waals surface area contributed by atoms with Crippen molar-refractivity contribution in [1.82, 2.24) is 20.2 Å². The Kier molecular flexibility index (Phi) is 8.52. The number of rotatable bonds is 10. The summed E-state index contributed by atoms with van der Waals surface area (Å²) >= 11 is 6.25. The highest BCUT2D eigenvalue weighted by molar-refractivity contribution is 6.33. The first-order valence-corrected chi connectivity index (χ1v) is 9.46. The Morgan fingerprint density at radius 1 is 1.33 bits per heavy atom.